The Bertz CT molecular complexity index is 554. The van der Waals surface area contributed by atoms with Crippen LogP contribution in [0.25, 0.3) is 0 Å². The minimum atomic E-state index is -1.01. The minimum Gasteiger partial charge on any atom is -0.454 e. The molecule has 0 aliphatic heterocycles. The number of rotatable bonds is 6. The van der Waals surface area contributed by atoms with Crippen molar-refractivity contribution in [1.82, 2.24) is 10.6 Å². The maximum absolute atomic E-state index is 12.3. The van der Waals surface area contributed by atoms with Crippen molar-refractivity contribution in [2.75, 3.05) is 13.2 Å². The average Bonchev–Trinajstić information content (AvgIpc) is 2.48. The Morgan fingerprint density at radius 2 is 1.52 bits per heavy atom. The lowest BCUT2D eigenvalue weighted by molar-refractivity contribution is -0.148. The van der Waals surface area contributed by atoms with E-state index in [0.717, 1.165) is 37.0 Å². The third-order valence-electron chi connectivity index (χ3n) is 5.76. The lowest BCUT2D eigenvalue weighted by atomic mass is 9.49. The molecule has 4 fully saturated rings. The fourth-order valence-corrected chi connectivity index (χ4v) is 5.45. The van der Waals surface area contributed by atoms with Gasteiger partial charge in [0.05, 0.1) is 0 Å². The third-order valence-corrected chi connectivity index (χ3v) is 5.76. The second-order valence-corrected chi connectivity index (χ2v) is 7.94. The largest absolute Gasteiger partial charge is 0.454 e. The number of esters is 1. The van der Waals surface area contributed by atoms with Gasteiger partial charge in [-0.05, 0) is 61.7 Å². The maximum atomic E-state index is 12.3. The van der Waals surface area contributed by atoms with Crippen molar-refractivity contribution >= 4 is 23.8 Å². The summed E-state index contributed by atoms with van der Waals surface area (Å²) in [7, 11) is 0. The second kappa shape index (κ2) is 7.01. The van der Waals surface area contributed by atoms with Gasteiger partial charge >= 0.3 is 12.0 Å². The summed E-state index contributed by atoms with van der Waals surface area (Å²) in [5, 5.41) is 4.37. The van der Waals surface area contributed by atoms with E-state index in [-0.39, 0.29) is 17.9 Å². The van der Waals surface area contributed by atoms with Crippen LogP contribution in [0.1, 0.15) is 44.9 Å². The normalized spacial score (nSPS) is 32.1. The summed E-state index contributed by atoms with van der Waals surface area (Å²) >= 11 is 0. The maximum Gasteiger partial charge on any atom is 0.325 e. The van der Waals surface area contributed by atoms with Gasteiger partial charge in [-0.2, -0.15) is 0 Å². The summed E-state index contributed by atoms with van der Waals surface area (Å²) in [6.45, 7) is -0.887. The second-order valence-electron chi connectivity index (χ2n) is 7.94. The molecule has 0 atom stereocenters. The molecule has 4 aliphatic carbocycles. The summed E-state index contributed by atoms with van der Waals surface area (Å²) in [4.78, 5) is 45.4. The van der Waals surface area contributed by atoms with Gasteiger partial charge in [-0.25, -0.2) is 4.79 Å². The first-order valence-corrected chi connectivity index (χ1v) is 8.85. The highest BCUT2D eigenvalue weighted by Crippen LogP contribution is 2.61. The fraction of sp³-hybridized carbons (Fsp3) is 0.765. The number of amides is 4. The number of hydrogen-bond acceptors (Lipinski definition) is 5. The fourth-order valence-electron chi connectivity index (χ4n) is 5.45. The van der Waals surface area contributed by atoms with Crippen molar-refractivity contribution in [2.24, 2.45) is 28.9 Å². The quantitative estimate of drug-likeness (QED) is 0.599. The number of nitrogens with one attached hydrogen (secondary N) is 2. The van der Waals surface area contributed by atoms with Crippen molar-refractivity contribution in [3.8, 4) is 0 Å². The van der Waals surface area contributed by atoms with Crippen molar-refractivity contribution in [2.45, 2.75) is 44.9 Å². The molecule has 0 aromatic carbocycles. The Kier molecular flexibility index (Phi) is 4.96. The molecule has 4 N–H and O–H groups in total. The summed E-state index contributed by atoms with van der Waals surface area (Å²) in [5.74, 6) is 0.646. The van der Waals surface area contributed by atoms with E-state index in [1.54, 1.807) is 5.32 Å². The Labute approximate surface area is 146 Å². The molecule has 4 aliphatic rings. The number of nitrogens with two attached hydrogens (primary N) is 1. The van der Waals surface area contributed by atoms with Gasteiger partial charge in [-0.3, -0.25) is 19.7 Å². The summed E-state index contributed by atoms with van der Waals surface area (Å²) < 4.78 is 4.68. The molecule has 25 heavy (non-hydrogen) atoms. The first-order chi connectivity index (χ1) is 11.8. The molecule has 0 aromatic rings. The predicted octanol–water partition coefficient (Wildman–Crippen LogP) is 0.447. The van der Waals surface area contributed by atoms with Crippen LogP contribution in [0.3, 0.4) is 0 Å². The van der Waals surface area contributed by atoms with Crippen molar-refractivity contribution in [3.05, 3.63) is 0 Å². The number of ether oxygens (including phenoxy) is 1. The standard InChI is InChI=1S/C17H25N3O5/c18-16(24)20-14(22)9-25-15(23)8-19-13(21)7-17-4-10-1-11(5-17)3-12(2-10)6-17/h10-12H,1-9H2,(H,19,21)(H3,18,20,22,24). The molecule has 4 rings (SSSR count). The molecule has 0 spiro atoms. The number of imide groups is 1. The SMILES string of the molecule is NC(=O)NC(=O)COC(=O)CNC(=O)CC12CC3CC(CC(C3)C1)C2. The number of hydrogen-bond donors (Lipinski definition) is 3. The first-order valence-electron chi connectivity index (χ1n) is 8.85. The number of urea groups is 1. The van der Waals surface area contributed by atoms with Crippen molar-refractivity contribution in [1.29, 1.82) is 0 Å². The van der Waals surface area contributed by atoms with Gasteiger partial charge in [0.1, 0.15) is 6.54 Å². The van der Waals surface area contributed by atoms with Crippen LogP contribution in [0.4, 0.5) is 4.79 Å². The molecule has 0 aromatic heterocycles. The molecule has 138 valence electrons. The van der Waals surface area contributed by atoms with Gasteiger partial charge in [-0.1, -0.05) is 0 Å². The van der Waals surface area contributed by atoms with Crippen LogP contribution in [-0.4, -0.2) is 37.0 Å². The van der Waals surface area contributed by atoms with Gasteiger partial charge in [0, 0.05) is 6.42 Å². The zero-order chi connectivity index (χ0) is 18.0. The highest BCUT2D eigenvalue weighted by Gasteiger charge is 2.51. The lowest BCUT2D eigenvalue weighted by Gasteiger charge is -2.56. The van der Waals surface area contributed by atoms with Crippen molar-refractivity contribution in [3.63, 3.8) is 0 Å². The van der Waals surface area contributed by atoms with E-state index in [1.807, 2.05) is 0 Å². The topological polar surface area (TPSA) is 128 Å². The van der Waals surface area contributed by atoms with E-state index in [1.165, 1.54) is 19.3 Å². The van der Waals surface area contributed by atoms with Crippen LogP contribution in [0.2, 0.25) is 0 Å². The monoisotopic (exact) mass is 351 g/mol. The van der Waals surface area contributed by atoms with Gasteiger partial charge in [0.2, 0.25) is 5.91 Å². The van der Waals surface area contributed by atoms with Crippen LogP contribution < -0.4 is 16.4 Å². The summed E-state index contributed by atoms with van der Waals surface area (Å²) in [6.07, 6.45) is 7.81. The molecule has 0 heterocycles. The molecule has 4 amide bonds. The zero-order valence-corrected chi connectivity index (χ0v) is 14.2. The van der Waals surface area contributed by atoms with Gasteiger partial charge in [0.15, 0.2) is 6.61 Å². The lowest BCUT2D eigenvalue weighted by Crippen LogP contribution is -2.48. The van der Waals surface area contributed by atoms with Crippen LogP contribution in [0.5, 0.6) is 0 Å². The van der Waals surface area contributed by atoms with E-state index in [4.69, 9.17) is 5.73 Å². The summed E-state index contributed by atoms with van der Waals surface area (Å²) in [5.41, 5.74) is 4.89. The van der Waals surface area contributed by atoms with Crippen LogP contribution in [0.15, 0.2) is 0 Å². The van der Waals surface area contributed by atoms with E-state index in [9.17, 15) is 19.2 Å². The number of carbonyl (C=O) groups excluding carboxylic acids is 4. The Morgan fingerprint density at radius 1 is 0.960 bits per heavy atom. The Balaban J connectivity index is 1.39. The average molecular weight is 351 g/mol. The number of primary amides is 1. The predicted molar refractivity (Wildman–Crippen MR) is 86.9 cm³/mol. The summed E-state index contributed by atoms with van der Waals surface area (Å²) in [6, 6.07) is -1.01. The molecule has 0 unspecified atom stereocenters. The highest BCUT2D eigenvalue weighted by molar-refractivity contribution is 5.95. The van der Waals surface area contributed by atoms with Crippen molar-refractivity contribution < 1.29 is 23.9 Å². The zero-order valence-electron chi connectivity index (χ0n) is 14.2. The van der Waals surface area contributed by atoms with Gasteiger partial charge in [0.25, 0.3) is 5.91 Å². The van der Waals surface area contributed by atoms with Gasteiger partial charge < -0.3 is 15.8 Å². The molecular formula is C17H25N3O5. The molecule has 8 heteroatoms. The van der Waals surface area contributed by atoms with E-state index in [0.29, 0.717) is 6.42 Å². The Morgan fingerprint density at radius 3 is 2.04 bits per heavy atom. The van der Waals surface area contributed by atoms with Gasteiger partial charge in [-0.15, -0.1) is 0 Å². The molecule has 4 bridgehead atoms. The molecule has 8 nitrogen and oxygen atoms in total. The number of carbonyl (C=O) groups is 4. The Hall–Kier alpha value is -2.12. The van der Waals surface area contributed by atoms with Crippen LogP contribution in [-0.2, 0) is 19.1 Å². The van der Waals surface area contributed by atoms with E-state index >= 15 is 0 Å². The first kappa shape index (κ1) is 17.7. The smallest absolute Gasteiger partial charge is 0.325 e. The van der Waals surface area contributed by atoms with Crippen LogP contribution >= 0.6 is 0 Å². The van der Waals surface area contributed by atoms with E-state index < -0.39 is 24.5 Å². The van der Waals surface area contributed by atoms with E-state index in [2.05, 4.69) is 10.1 Å². The van der Waals surface area contributed by atoms with Crippen LogP contribution in [0, 0.1) is 23.2 Å². The highest BCUT2D eigenvalue weighted by atomic mass is 16.5. The molecule has 0 radical (unpaired) electrons. The molecule has 4 saturated carbocycles. The third kappa shape index (κ3) is 4.49. The minimum absolute atomic E-state index is 0.115. The molecular weight excluding hydrogens is 326 g/mol. The molecule has 0 saturated heterocycles.